The molecule has 3 atom stereocenters. The van der Waals surface area contributed by atoms with E-state index in [0.29, 0.717) is 0 Å². The molecule has 4 rings (SSSR count). The summed E-state index contributed by atoms with van der Waals surface area (Å²) in [6.45, 7) is 1.29. The van der Waals surface area contributed by atoms with Gasteiger partial charge in [0, 0.05) is 6.04 Å². The van der Waals surface area contributed by atoms with Crippen LogP contribution in [0, 0.1) is 11.3 Å². The molecule has 1 nitrogen and oxygen atoms in total. The maximum absolute atomic E-state index is 3.67. The van der Waals surface area contributed by atoms with Gasteiger partial charge in [-0.1, -0.05) is 0 Å². The third-order valence-corrected chi connectivity index (χ3v) is 4.03. The summed E-state index contributed by atoms with van der Waals surface area (Å²) in [5.41, 5.74) is 0.822. The van der Waals surface area contributed by atoms with Crippen LogP contribution in [0.1, 0.15) is 32.1 Å². The summed E-state index contributed by atoms with van der Waals surface area (Å²) in [5, 5.41) is 3.67. The molecule has 3 aliphatic carbocycles. The molecule has 1 heterocycles. The van der Waals surface area contributed by atoms with Crippen molar-refractivity contribution >= 4 is 0 Å². The molecule has 2 bridgehead atoms. The van der Waals surface area contributed by atoms with Crippen molar-refractivity contribution in [2.75, 3.05) is 6.54 Å². The number of hydrogen-bond acceptors (Lipinski definition) is 1. The van der Waals surface area contributed by atoms with E-state index in [1.54, 1.807) is 6.42 Å². The van der Waals surface area contributed by atoms with Crippen molar-refractivity contribution < 1.29 is 0 Å². The lowest BCUT2D eigenvalue weighted by Gasteiger charge is -2.51. The molecule has 4 aliphatic rings. The molecule has 4 fully saturated rings. The molecule has 3 unspecified atom stereocenters. The number of rotatable bonds is 0. The molecule has 56 valence electrons. The average Bonchev–Trinajstić information content (AvgIpc) is 2.44. The molecule has 3 saturated carbocycles. The van der Waals surface area contributed by atoms with Crippen molar-refractivity contribution in [3.63, 3.8) is 0 Å². The summed E-state index contributed by atoms with van der Waals surface area (Å²) >= 11 is 0. The van der Waals surface area contributed by atoms with Crippen LogP contribution in [-0.2, 0) is 0 Å². The van der Waals surface area contributed by atoms with E-state index in [1.165, 1.54) is 32.2 Å². The van der Waals surface area contributed by atoms with E-state index < -0.39 is 0 Å². The van der Waals surface area contributed by atoms with Crippen LogP contribution in [0.5, 0.6) is 0 Å². The van der Waals surface area contributed by atoms with E-state index in [2.05, 4.69) is 5.32 Å². The minimum absolute atomic E-state index is 0.822. The maximum Gasteiger partial charge on any atom is 0.0152 e. The third kappa shape index (κ3) is 0.460. The highest BCUT2D eigenvalue weighted by molar-refractivity contribution is 5.13. The molecular weight excluding hydrogens is 122 g/mol. The van der Waals surface area contributed by atoms with Gasteiger partial charge in [0.15, 0.2) is 0 Å². The van der Waals surface area contributed by atoms with Gasteiger partial charge in [-0.3, -0.25) is 0 Å². The van der Waals surface area contributed by atoms with Crippen LogP contribution in [0.15, 0.2) is 0 Å². The zero-order valence-electron chi connectivity index (χ0n) is 6.40. The van der Waals surface area contributed by atoms with Crippen molar-refractivity contribution in [1.29, 1.82) is 0 Å². The molecule has 0 radical (unpaired) electrons. The van der Waals surface area contributed by atoms with Gasteiger partial charge in [0.25, 0.3) is 0 Å². The van der Waals surface area contributed by atoms with Crippen LogP contribution in [-0.4, -0.2) is 12.6 Å². The fourth-order valence-corrected chi connectivity index (χ4v) is 3.57. The lowest BCUT2D eigenvalue weighted by atomic mass is 9.61. The summed E-state index contributed by atoms with van der Waals surface area (Å²) in [4.78, 5) is 0. The fourth-order valence-electron chi connectivity index (χ4n) is 3.57. The van der Waals surface area contributed by atoms with Crippen LogP contribution in [0.3, 0.4) is 0 Å². The molecule has 1 saturated heterocycles. The molecular formula is C9H15N. The molecule has 0 amide bonds. The maximum atomic E-state index is 3.67. The van der Waals surface area contributed by atoms with Gasteiger partial charge < -0.3 is 5.32 Å². The van der Waals surface area contributed by atoms with E-state index in [4.69, 9.17) is 0 Å². The second kappa shape index (κ2) is 1.58. The van der Waals surface area contributed by atoms with Gasteiger partial charge in [0.05, 0.1) is 0 Å². The first-order valence-electron chi connectivity index (χ1n) is 4.64. The molecule has 1 heteroatoms. The molecule has 0 aromatic rings. The Bertz CT molecular complexity index is 162. The number of piperidine rings is 1. The highest BCUT2D eigenvalue weighted by Gasteiger charge is 2.58. The van der Waals surface area contributed by atoms with Crippen LogP contribution in [0.4, 0.5) is 0 Å². The number of nitrogens with one attached hydrogen (secondary N) is 1. The van der Waals surface area contributed by atoms with Crippen molar-refractivity contribution in [3.8, 4) is 0 Å². The van der Waals surface area contributed by atoms with Gasteiger partial charge >= 0.3 is 0 Å². The Morgan fingerprint density at radius 1 is 1.30 bits per heavy atom. The van der Waals surface area contributed by atoms with Crippen molar-refractivity contribution in [2.45, 2.75) is 38.1 Å². The van der Waals surface area contributed by atoms with E-state index in [1.807, 2.05) is 0 Å². The van der Waals surface area contributed by atoms with Crippen LogP contribution < -0.4 is 5.32 Å². The highest BCUT2D eigenvalue weighted by Crippen LogP contribution is 2.62. The normalized spacial score (nSPS) is 57.6. The summed E-state index contributed by atoms with van der Waals surface area (Å²) in [6.07, 6.45) is 7.59. The van der Waals surface area contributed by atoms with Crippen LogP contribution >= 0.6 is 0 Å². The quantitative estimate of drug-likeness (QED) is 0.534. The average molecular weight is 137 g/mol. The fraction of sp³-hybridized carbons (Fsp3) is 1.00. The third-order valence-electron chi connectivity index (χ3n) is 4.03. The van der Waals surface area contributed by atoms with Crippen molar-refractivity contribution in [1.82, 2.24) is 5.32 Å². The number of fused-ring (bicyclic) bond motifs is 1. The summed E-state index contributed by atoms with van der Waals surface area (Å²) in [6, 6.07) is 0.959. The minimum Gasteiger partial charge on any atom is -0.313 e. The first kappa shape index (κ1) is 5.59. The Morgan fingerprint density at radius 3 is 3.10 bits per heavy atom. The van der Waals surface area contributed by atoms with Crippen molar-refractivity contribution in [3.05, 3.63) is 0 Å². The highest BCUT2D eigenvalue weighted by atomic mass is 15.0. The molecule has 0 aromatic heterocycles. The first-order valence-corrected chi connectivity index (χ1v) is 4.64. The molecule has 0 aromatic carbocycles. The van der Waals surface area contributed by atoms with Gasteiger partial charge in [0.1, 0.15) is 0 Å². The molecule has 1 spiro atoms. The van der Waals surface area contributed by atoms with E-state index in [9.17, 15) is 0 Å². The predicted octanol–water partition coefficient (Wildman–Crippen LogP) is 1.54. The zero-order valence-corrected chi connectivity index (χ0v) is 6.40. The van der Waals surface area contributed by atoms with Gasteiger partial charge in [-0.05, 0) is 50.0 Å². The van der Waals surface area contributed by atoms with Crippen LogP contribution in [0.25, 0.3) is 0 Å². The Morgan fingerprint density at radius 2 is 2.30 bits per heavy atom. The second-order valence-corrected chi connectivity index (χ2v) is 4.40. The Kier molecular flexibility index (Phi) is 0.883. The lowest BCUT2D eigenvalue weighted by Crippen LogP contribution is -2.57. The summed E-state index contributed by atoms with van der Waals surface area (Å²) < 4.78 is 0. The monoisotopic (exact) mass is 137 g/mol. The summed E-state index contributed by atoms with van der Waals surface area (Å²) in [5.74, 6) is 1.08. The smallest absolute Gasteiger partial charge is 0.0152 e. The van der Waals surface area contributed by atoms with E-state index >= 15 is 0 Å². The first-order chi connectivity index (χ1) is 4.91. The van der Waals surface area contributed by atoms with Gasteiger partial charge in [0.2, 0.25) is 0 Å². The second-order valence-electron chi connectivity index (χ2n) is 4.40. The van der Waals surface area contributed by atoms with Gasteiger partial charge in [-0.2, -0.15) is 0 Å². The minimum atomic E-state index is 0.822. The van der Waals surface area contributed by atoms with Gasteiger partial charge in [-0.25, -0.2) is 0 Å². The van der Waals surface area contributed by atoms with E-state index in [0.717, 1.165) is 17.4 Å². The SMILES string of the molecule is C1CNC2C3CCC2(C1)C3. The zero-order chi connectivity index (χ0) is 6.60. The molecule has 1 aliphatic heterocycles. The Hall–Kier alpha value is -0.0400. The standard InChI is InChI=1S/C9H15N/c1-3-9-4-2-7(6-9)8(9)10-5-1/h7-8,10H,1-6H2. The molecule has 1 N–H and O–H groups in total. The van der Waals surface area contributed by atoms with Crippen LogP contribution in [0.2, 0.25) is 0 Å². The topological polar surface area (TPSA) is 12.0 Å². The molecule has 10 heavy (non-hydrogen) atoms. The van der Waals surface area contributed by atoms with Crippen molar-refractivity contribution in [2.24, 2.45) is 11.3 Å². The lowest BCUT2D eigenvalue weighted by molar-refractivity contribution is 0.0335. The number of hydrogen-bond donors (Lipinski definition) is 1. The van der Waals surface area contributed by atoms with E-state index in [-0.39, 0.29) is 0 Å². The Balaban J connectivity index is 1.91. The predicted molar refractivity (Wildman–Crippen MR) is 40.8 cm³/mol. The largest absolute Gasteiger partial charge is 0.313 e. The van der Waals surface area contributed by atoms with Gasteiger partial charge in [-0.15, -0.1) is 0 Å². The Labute approximate surface area is 62.2 Å². The summed E-state index contributed by atoms with van der Waals surface area (Å²) in [7, 11) is 0.